The quantitative estimate of drug-likeness (QED) is 0.175. The van der Waals surface area contributed by atoms with Crippen LogP contribution in [0.5, 0.6) is 0 Å². The average Bonchev–Trinajstić information content (AvgIpc) is 3.80. The van der Waals surface area contributed by atoms with Crippen molar-refractivity contribution in [3.63, 3.8) is 0 Å². The van der Waals surface area contributed by atoms with Gasteiger partial charge in [0.25, 0.3) is 0 Å². The Morgan fingerprint density at radius 3 is 1.89 bits per heavy atom. The van der Waals surface area contributed by atoms with Gasteiger partial charge in [0.2, 0.25) is 0 Å². The van der Waals surface area contributed by atoms with E-state index in [2.05, 4.69) is 200 Å². The van der Waals surface area contributed by atoms with Crippen LogP contribution in [0, 0.1) is 0 Å². The van der Waals surface area contributed by atoms with Crippen molar-refractivity contribution in [1.29, 1.82) is 0 Å². The first-order valence-corrected chi connectivity index (χ1v) is 18.7. The molecule has 8 aromatic carbocycles. The van der Waals surface area contributed by atoms with Gasteiger partial charge in [0, 0.05) is 27.8 Å². The highest BCUT2D eigenvalue weighted by Gasteiger charge is 2.36. The van der Waals surface area contributed by atoms with Crippen molar-refractivity contribution in [2.24, 2.45) is 0 Å². The summed E-state index contributed by atoms with van der Waals surface area (Å²) in [4.78, 5) is 0. The minimum atomic E-state index is -0.0813. The Kier molecular flexibility index (Phi) is 6.43. The van der Waals surface area contributed by atoms with Crippen LogP contribution in [0.25, 0.3) is 72.0 Å². The van der Waals surface area contributed by atoms with Crippen molar-refractivity contribution in [2.75, 3.05) is 0 Å². The average molecular weight is 676 g/mol. The van der Waals surface area contributed by atoms with Gasteiger partial charge < -0.3 is 4.57 Å². The maximum atomic E-state index is 2.50. The normalized spacial score (nSPS) is 14.9. The molecule has 0 N–H and O–H groups in total. The number of rotatable bonds is 4. The van der Waals surface area contributed by atoms with Crippen LogP contribution in [0.2, 0.25) is 0 Å². The number of benzene rings is 8. The molecule has 2 aliphatic carbocycles. The van der Waals surface area contributed by atoms with Crippen molar-refractivity contribution in [2.45, 2.75) is 25.2 Å². The molecule has 0 aliphatic heterocycles. The predicted molar refractivity (Wildman–Crippen MR) is 222 cm³/mol. The standard InChI is InChI=1S/C52H37N/c1-52(2)47-23-12-11-21-40(47)44-32-50-46(31-48(44)52)45-30-37(25-27-49(45)53(50)38-19-13-18-35(28-38)33-14-5-3-6-15-33)36-24-26-42-43(29-36)39-20-9-10-22-41(39)51(42)34-16-7-4-8-17-34/h3-32,51H,1-2H3. The van der Waals surface area contributed by atoms with Crippen molar-refractivity contribution < 1.29 is 0 Å². The van der Waals surface area contributed by atoms with Gasteiger partial charge in [0.1, 0.15) is 0 Å². The van der Waals surface area contributed by atoms with Gasteiger partial charge >= 0.3 is 0 Å². The summed E-state index contributed by atoms with van der Waals surface area (Å²) in [5, 5.41) is 2.57. The first kappa shape index (κ1) is 30.2. The lowest BCUT2D eigenvalue weighted by molar-refractivity contribution is 0.661. The van der Waals surface area contributed by atoms with Gasteiger partial charge in [-0.25, -0.2) is 0 Å². The molecule has 11 rings (SSSR count). The van der Waals surface area contributed by atoms with E-state index in [-0.39, 0.29) is 11.3 Å². The number of nitrogens with zero attached hydrogens (tertiary/aromatic N) is 1. The van der Waals surface area contributed by atoms with Crippen LogP contribution in [0.1, 0.15) is 47.6 Å². The van der Waals surface area contributed by atoms with Crippen LogP contribution in [-0.2, 0) is 5.41 Å². The molecule has 250 valence electrons. The molecule has 9 aromatic rings. The Morgan fingerprint density at radius 1 is 0.396 bits per heavy atom. The largest absolute Gasteiger partial charge is 0.309 e. The van der Waals surface area contributed by atoms with Gasteiger partial charge in [-0.15, -0.1) is 0 Å². The fourth-order valence-corrected chi connectivity index (χ4v) is 9.51. The van der Waals surface area contributed by atoms with E-state index in [1.807, 2.05) is 0 Å². The summed E-state index contributed by atoms with van der Waals surface area (Å²) in [5.74, 6) is 0.248. The van der Waals surface area contributed by atoms with E-state index >= 15 is 0 Å². The molecule has 1 aromatic heterocycles. The number of hydrogen-bond donors (Lipinski definition) is 0. The van der Waals surface area contributed by atoms with Gasteiger partial charge in [0.15, 0.2) is 0 Å². The first-order valence-electron chi connectivity index (χ1n) is 18.7. The van der Waals surface area contributed by atoms with E-state index in [9.17, 15) is 0 Å². The maximum Gasteiger partial charge on any atom is 0.0547 e. The highest BCUT2D eigenvalue weighted by Crippen LogP contribution is 2.52. The lowest BCUT2D eigenvalue weighted by atomic mass is 9.82. The lowest BCUT2D eigenvalue weighted by Gasteiger charge is -2.21. The van der Waals surface area contributed by atoms with Gasteiger partial charge in [-0.1, -0.05) is 153 Å². The molecular weight excluding hydrogens is 639 g/mol. The highest BCUT2D eigenvalue weighted by molar-refractivity contribution is 6.12. The van der Waals surface area contributed by atoms with Crippen molar-refractivity contribution >= 4 is 21.8 Å². The molecule has 0 spiro atoms. The Labute approximate surface area is 310 Å². The summed E-state index contributed by atoms with van der Waals surface area (Å²) >= 11 is 0. The predicted octanol–water partition coefficient (Wildman–Crippen LogP) is 13.6. The van der Waals surface area contributed by atoms with Crippen LogP contribution < -0.4 is 0 Å². The number of hydrogen-bond acceptors (Lipinski definition) is 0. The monoisotopic (exact) mass is 675 g/mol. The maximum absolute atomic E-state index is 2.50. The molecule has 0 saturated heterocycles. The SMILES string of the molecule is CC1(C)c2ccccc2-c2cc3c(cc21)c1cc(-c2ccc4c(c2)-c2ccccc2C4c2ccccc2)ccc1n3-c1cccc(-c2ccccc2)c1. The van der Waals surface area contributed by atoms with Crippen LogP contribution in [-0.4, -0.2) is 4.57 Å². The molecule has 1 nitrogen and oxygen atoms in total. The second-order valence-corrected chi connectivity index (χ2v) is 15.3. The minimum Gasteiger partial charge on any atom is -0.309 e. The van der Waals surface area contributed by atoms with Gasteiger partial charge in [-0.3, -0.25) is 0 Å². The summed E-state index contributed by atoms with van der Waals surface area (Å²) in [7, 11) is 0. The molecule has 53 heavy (non-hydrogen) atoms. The zero-order valence-corrected chi connectivity index (χ0v) is 29.8. The third-order valence-corrected chi connectivity index (χ3v) is 12.1. The smallest absolute Gasteiger partial charge is 0.0547 e. The third kappa shape index (κ3) is 4.44. The molecule has 0 bridgehead atoms. The van der Waals surface area contributed by atoms with Gasteiger partial charge in [-0.2, -0.15) is 0 Å². The molecule has 1 heterocycles. The zero-order chi connectivity index (χ0) is 35.3. The summed E-state index contributed by atoms with van der Waals surface area (Å²) in [6.07, 6.45) is 0. The van der Waals surface area contributed by atoms with Gasteiger partial charge in [0.05, 0.1) is 11.0 Å². The topological polar surface area (TPSA) is 4.93 Å². The summed E-state index contributed by atoms with van der Waals surface area (Å²) in [6, 6.07) is 67.8. The lowest BCUT2D eigenvalue weighted by Crippen LogP contribution is -2.14. The van der Waals surface area contributed by atoms with Crippen molar-refractivity contribution in [1.82, 2.24) is 4.57 Å². The van der Waals surface area contributed by atoms with Crippen LogP contribution in [0.15, 0.2) is 182 Å². The van der Waals surface area contributed by atoms with E-state index in [0.717, 1.165) is 0 Å². The van der Waals surface area contributed by atoms with Crippen LogP contribution >= 0.6 is 0 Å². The second kappa shape index (κ2) is 11.3. The van der Waals surface area contributed by atoms with Crippen LogP contribution in [0.4, 0.5) is 0 Å². The van der Waals surface area contributed by atoms with Gasteiger partial charge in [-0.05, 0) is 115 Å². The first-order chi connectivity index (χ1) is 26.0. The fourth-order valence-electron chi connectivity index (χ4n) is 9.51. The number of fused-ring (bicyclic) bond motifs is 9. The summed E-state index contributed by atoms with van der Waals surface area (Å²) in [5.41, 5.74) is 20.7. The van der Waals surface area contributed by atoms with E-state index in [4.69, 9.17) is 0 Å². The summed E-state index contributed by atoms with van der Waals surface area (Å²) in [6.45, 7) is 4.76. The van der Waals surface area contributed by atoms with E-state index in [1.165, 1.54) is 99.8 Å². The molecule has 0 radical (unpaired) electrons. The molecule has 0 amide bonds. The van der Waals surface area contributed by atoms with E-state index in [0.29, 0.717) is 0 Å². The van der Waals surface area contributed by atoms with E-state index < -0.39 is 0 Å². The molecule has 2 aliphatic rings. The fraction of sp³-hybridized carbons (Fsp3) is 0.0769. The molecular formula is C52H37N. The minimum absolute atomic E-state index is 0.0813. The number of aromatic nitrogens is 1. The molecule has 1 heteroatoms. The van der Waals surface area contributed by atoms with Crippen molar-refractivity contribution in [3.8, 4) is 50.2 Å². The Bertz CT molecular complexity index is 2910. The van der Waals surface area contributed by atoms with Crippen LogP contribution in [0.3, 0.4) is 0 Å². The van der Waals surface area contributed by atoms with E-state index in [1.54, 1.807) is 0 Å². The summed E-state index contributed by atoms with van der Waals surface area (Å²) < 4.78 is 2.48. The Balaban J connectivity index is 1.13. The third-order valence-electron chi connectivity index (χ3n) is 12.1. The Hall–Kier alpha value is -6.44. The molecule has 1 unspecified atom stereocenters. The highest BCUT2D eigenvalue weighted by atomic mass is 15.0. The zero-order valence-electron chi connectivity index (χ0n) is 29.8. The Morgan fingerprint density at radius 2 is 1.04 bits per heavy atom. The van der Waals surface area contributed by atoms with Crippen molar-refractivity contribution in [3.05, 3.63) is 210 Å². The molecule has 0 saturated carbocycles. The second-order valence-electron chi connectivity index (χ2n) is 15.3. The molecule has 0 fully saturated rings. The molecule has 1 atom stereocenters.